The highest BCUT2D eigenvalue weighted by Gasteiger charge is 2.16. The number of rotatable bonds is 4. The number of nitrogens with one attached hydrogen (secondary N) is 2. The summed E-state index contributed by atoms with van der Waals surface area (Å²) in [6, 6.07) is 3.06. The van der Waals surface area contributed by atoms with Crippen LogP contribution in [0.3, 0.4) is 0 Å². The number of halogens is 1. The van der Waals surface area contributed by atoms with Crippen LogP contribution in [0.25, 0.3) is 0 Å². The van der Waals surface area contributed by atoms with Gasteiger partial charge in [-0.25, -0.2) is 4.79 Å². The molecule has 1 aromatic rings. The van der Waals surface area contributed by atoms with Gasteiger partial charge in [-0.15, -0.1) is 0 Å². The molecule has 0 bridgehead atoms. The zero-order chi connectivity index (χ0) is 16.9. The van der Waals surface area contributed by atoms with E-state index in [4.69, 9.17) is 16.3 Å². The number of phenolic OH excluding ortho intramolecular Hbond substituents is 1. The van der Waals surface area contributed by atoms with Crippen molar-refractivity contribution in [1.82, 2.24) is 5.32 Å². The molecule has 1 aromatic carbocycles. The minimum absolute atomic E-state index is 0.0298. The Labute approximate surface area is 134 Å². The lowest BCUT2D eigenvalue weighted by Gasteiger charge is -2.19. The van der Waals surface area contributed by atoms with Crippen molar-refractivity contribution in [3.63, 3.8) is 0 Å². The quantitative estimate of drug-likeness (QED) is 0.741. The van der Waals surface area contributed by atoms with E-state index in [2.05, 4.69) is 10.6 Å². The fourth-order valence-corrected chi connectivity index (χ4v) is 1.91. The minimum Gasteiger partial charge on any atom is -0.505 e. The summed E-state index contributed by atoms with van der Waals surface area (Å²) in [6.45, 7) is 7.07. The standard InChI is InChI=1S/C15H21ClN2O4/c1-9-7-10(16)8-11(13(9)20)18-12(19)5-6-17-14(21)22-15(2,3)4/h7-8,20H,5-6H2,1-4H3,(H,17,21)(H,18,19). The lowest BCUT2D eigenvalue weighted by molar-refractivity contribution is -0.116. The maximum Gasteiger partial charge on any atom is 0.407 e. The largest absolute Gasteiger partial charge is 0.505 e. The molecule has 0 spiro atoms. The highest BCUT2D eigenvalue weighted by atomic mass is 35.5. The smallest absolute Gasteiger partial charge is 0.407 e. The normalized spacial score (nSPS) is 11.0. The predicted molar refractivity (Wildman–Crippen MR) is 85.3 cm³/mol. The first-order valence-electron chi connectivity index (χ1n) is 6.84. The maximum absolute atomic E-state index is 11.8. The molecular formula is C15H21ClN2O4. The number of anilines is 1. The van der Waals surface area contributed by atoms with Gasteiger partial charge in [-0.3, -0.25) is 4.79 Å². The molecule has 0 saturated heterocycles. The lowest BCUT2D eigenvalue weighted by Crippen LogP contribution is -2.34. The van der Waals surface area contributed by atoms with Gasteiger partial charge in [-0.2, -0.15) is 0 Å². The van der Waals surface area contributed by atoms with Gasteiger partial charge >= 0.3 is 6.09 Å². The number of benzene rings is 1. The van der Waals surface area contributed by atoms with Crippen molar-refractivity contribution in [1.29, 1.82) is 0 Å². The zero-order valence-electron chi connectivity index (χ0n) is 13.1. The van der Waals surface area contributed by atoms with E-state index >= 15 is 0 Å². The van der Waals surface area contributed by atoms with Crippen molar-refractivity contribution < 1.29 is 19.4 Å². The number of hydrogen-bond acceptors (Lipinski definition) is 4. The van der Waals surface area contributed by atoms with Crippen molar-refractivity contribution in [2.24, 2.45) is 0 Å². The molecule has 0 fully saturated rings. The second kappa shape index (κ2) is 7.35. The van der Waals surface area contributed by atoms with Crippen molar-refractivity contribution >= 4 is 29.3 Å². The molecule has 1 rings (SSSR count). The molecule has 0 aliphatic carbocycles. The molecule has 0 aliphatic heterocycles. The van der Waals surface area contributed by atoms with Gasteiger partial charge in [0.2, 0.25) is 5.91 Å². The number of phenols is 1. The van der Waals surface area contributed by atoms with E-state index in [1.165, 1.54) is 6.07 Å². The molecule has 0 aliphatic rings. The molecule has 22 heavy (non-hydrogen) atoms. The maximum atomic E-state index is 11.8. The number of aromatic hydroxyl groups is 1. The Hall–Kier alpha value is -1.95. The van der Waals surface area contributed by atoms with Crippen LogP contribution < -0.4 is 10.6 Å². The first-order chi connectivity index (χ1) is 10.1. The van der Waals surface area contributed by atoms with Gasteiger partial charge in [0.25, 0.3) is 0 Å². The van der Waals surface area contributed by atoms with E-state index in [0.717, 1.165) is 0 Å². The number of aryl methyl sites for hydroxylation is 1. The van der Waals surface area contributed by atoms with E-state index in [1.807, 2.05) is 0 Å². The van der Waals surface area contributed by atoms with Crippen LogP contribution in [0.15, 0.2) is 12.1 Å². The molecule has 3 N–H and O–H groups in total. The number of carbonyl (C=O) groups excluding carboxylic acids is 2. The molecule has 6 nitrogen and oxygen atoms in total. The summed E-state index contributed by atoms with van der Waals surface area (Å²) in [5, 5.41) is 15.3. The number of alkyl carbamates (subject to hydrolysis) is 1. The molecule has 122 valence electrons. The first-order valence-corrected chi connectivity index (χ1v) is 7.22. The summed E-state index contributed by atoms with van der Waals surface area (Å²) in [5.74, 6) is -0.383. The summed E-state index contributed by atoms with van der Waals surface area (Å²) in [6.07, 6.45) is -0.536. The van der Waals surface area contributed by atoms with Gasteiger partial charge in [0.1, 0.15) is 11.4 Å². The number of amides is 2. The molecule has 0 unspecified atom stereocenters. The van der Waals surface area contributed by atoms with Gasteiger partial charge in [0, 0.05) is 18.0 Å². The molecule has 0 heterocycles. The van der Waals surface area contributed by atoms with E-state index in [1.54, 1.807) is 33.8 Å². The monoisotopic (exact) mass is 328 g/mol. The lowest BCUT2D eigenvalue weighted by atomic mass is 10.2. The Morgan fingerprint density at radius 1 is 1.32 bits per heavy atom. The Bertz CT molecular complexity index is 567. The van der Waals surface area contributed by atoms with E-state index in [9.17, 15) is 14.7 Å². The highest BCUT2D eigenvalue weighted by molar-refractivity contribution is 6.31. The summed E-state index contributed by atoms with van der Waals surface area (Å²) in [4.78, 5) is 23.2. The summed E-state index contributed by atoms with van der Waals surface area (Å²) < 4.78 is 5.05. The topological polar surface area (TPSA) is 87.7 Å². The van der Waals surface area contributed by atoms with Crippen LogP contribution in [0.2, 0.25) is 5.02 Å². The van der Waals surface area contributed by atoms with Crippen molar-refractivity contribution in [3.8, 4) is 5.75 Å². The van der Waals surface area contributed by atoms with Crippen molar-refractivity contribution in [2.75, 3.05) is 11.9 Å². The Kier molecular flexibility index (Phi) is 6.05. The molecule has 0 saturated carbocycles. The van der Waals surface area contributed by atoms with Gasteiger partial charge in [-0.1, -0.05) is 11.6 Å². The molecular weight excluding hydrogens is 308 g/mol. The van der Waals surface area contributed by atoms with E-state index in [-0.39, 0.29) is 30.3 Å². The number of carbonyl (C=O) groups is 2. The van der Waals surface area contributed by atoms with Crippen LogP contribution in [0.1, 0.15) is 32.8 Å². The SMILES string of the molecule is Cc1cc(Cl)cc(NC(=O)CCNC(=O)OC(C)(C)C)c1O. The van der Waals surface area contributed by atoms with Crippen LogP contribution in [-0.4, -0.2) is 29.3 Å². The second-order valence-electron chi connectivity index (χ2n) is 5.85. The fraction of sp³-hybridized carbons (Fsp3) is 0.467. The third-order valence-electron chi connectivity index (χ3n) is 2.56. The molecule has 7 heteroatoms. The zero-order valence-corrected chi connectivity index (χ0v) is 13.9. The second-order valence-corrected chi connectivity index (χ2v) is 6.28. The highest BCUT2D eigenvalue weighted by Crippen LogP contribution is 2.30. The molecule has 0 atom stereocenters. The fourth-order valence-electron chi connectivity index (χ4n) is 1.64. The summed E-state index contributed by atoms with van der Waals surface area (Å²) in [7, 11) is 0. The van der Waals surface area contributed by atoms with Gasteiger partial charge in [0.15, 0.2) is 0 Å². The van der Waals surface area contributed by atoms with Crippen molar-refractivity contribution in [3.05, 3.63) is 22.7 Å². The average molecular weight is 329 g/mol. The molecule has 2 amide bonds. The molecule has 0 radical (unpaired) electrons. The Morgan fingerprint density at radius 3 is 2.55 bits per heavy atom. The summed E-state index contributed by atoms with van der Waals surface area (Å²) in [5.41, 5.74) is 0.221. The van der Waals surface area contributed by atoms with Crippen LogP contribution >= 0.6 is 11.6 Å². The Balaban J connectivity index is 2.46. The molecule has 0 aromatic heterocycles. The van der Waals surface area contributed by atoms with E-state index in [0.29, 0.717) is 10.6 Å². The van der Waals surface area contributed by atoms with Crippen LogP contribution in [0.5, 0.6) is 5.75 Å². The predicted octanol–water partition coefficient (Wildman–Crippen LogP) is 3.21. The van der Waals surface area contributed by atoms with Gasteiger partial charge in [0.05, 0.1) is 5.69 Å². The Morgan fingerprint density at radius 2 is 1.95 bits per heavy atom. The number of ether oxygens (including phenoxy) is 1. The third-order valence-corrected chi connectivity index (χ3v) is 2.78. The van der Waals surface area contributed by atoms with Crippen molar-refractivity contribution in [2.45, 2.75) is 39.7 Å². The first kappa shape index (κ1) is 18.1. The minimum atomic E-state index is -0.587. The van der Waals surface area contributed by atoms with Gasteiger partial charge < -0.3 is 20.5 Å². The average Bonchev–Trinajstić information content (AvgIpc) is 2.33. The van der Waals surface area contributed by atoms with Gasteiger partial charge in [-0.05, 0) is 45.4 Å². The van der Waals surface area contributed by atoms with E-state index < -0.39 is 11.7 Å². The van der Waals surface area contributed by atoms with Crippen LogP contribution in [-0.2, 0) is 9.53 Å². The third kappa shape index (κ3) is 6.22. The van der Waals surface area contributed by atoms with Crippen LogP contribution in [0, 0.1) is 6.92 Å². The number of hydrogen-bond donors (Lipinski definition) is 3. The van der Waals surface area contributed by atoms with Crippen LogP contribution in [0.4, 0.5) is 10.5 Å². The summed E-state index contributed by atoms with van der Waals surface area (Å²) >= 11 is 5.88.